The van der Waals surface area contributed by atoms with Crippen LogP contribution in [0.3, 0.4) is 0 Å². The molecule has 0 bridgehead atoms. The molecule has 1 aromatic heterocycles. The van der Waals surface area contributed by atoms with Crippen molar-refractivity contribution in [2.45, 2.75) is 33.2 Å². The van der Waals surface area contributed by atoms with E-state index in [4.69, 9.17) is 4.74 Å². The van der Waals surface area contributed by atoms with E-state index in [0.29, 0.717) is 23.6 Å². The standard InChI is InChI=1S/C26H25NO4S/c1-4-11-31-20-9-7-18(8-10-20)24(28)22-23(21-6-5-12-32-21)27(26(30)25(22)29)19-14-16(2)13-17(3)15-19/h5-10,12-15,23,28H,4,11H2,1-3H3/b24-22-. The quantitative estimate of drug-likeness (QED) is 0.295. The van der Waals surface area contributed by atoms with E-state index < -0.39 is 17.7 Å². The molecule has 0 spiro atoms. The number of carbonyl (C=O) groups is 2. The summed E-state index contributed by atoms with van der Waals surface area (Å²) < 4.78 is 5.61. The van der Waals surface area contributed by atoms with E-state index in [0.717, 1.165) is 22.4 Å². The van der Waals surface area contributed by atoms with E-state index in [2.05, 4.69) is 0 Å². The average molecular weight is 448 g/mol. The van der Waals surface area contributed by atoms with E-state index in [1.165, 1.54) is 16.2 Å². The average Bonchev–Trinajstić information content (AvgIpc) is 3.38. The molecular formula is C26H25NO4S. The number of amides is 1. The number of carbonyl (C=O) groups excluding carboxylic acids is 2. The van der Waals surface area contributed by atoms with Crippen molar-refractivity contribution >= 4 is 34.5 Å². The minimum atomic E-state index is -0.689. The number of aliphatic hydroxyl groups is 1. The lowest BCUT2D eigenvalue weighted by Gasteiger charge is -2.25. The molecule has 3 aromatic rings. The summed E-state index contributed by atoms with van der Waals surface area (Å²) in [6.45, 7) is 6.54. The zero-order chi connectivity index (χ0) is 22.8. The van der Waals surface area contributed by atoms with Gasteiger partial charge in [-0.25, -0.2) is 0 Å². The van der Waals surface area contributed by atoms with Crippen molar-refractivity contribution < 1.29 is 19.4 Å². The highest BCUT2D eigenvalue weighted by Gasteiger charge is 2.47. The van der Waals surface area contributed by atoms with Gasteiger partial charge < -0.3 is 9.84 Å². The Bertz CT molecular complexity index is 1160. The van der Waals surface area contributed by atoms with Gasteiger partial charge in [-0.1, -0.05) is 19.1 Å². The van der Waals surface area contributed by atoms with Gasteiger partial charge in [0, 0.05) is 16.1 Å². The maximum Gasteiger partial charge on any atom is 0.300 e. The van der Waals surface area contributed by atoms with Crippen molar-refractivity contribution in [3.63, 3.8) is 0 Å². The Kier molecular flexibility index (Phi) is 6.15. The maximum absolute atomic E-state index is 13.2. The number of hydrogen-bond acceptors (Lipinski definition) is 5. The second-order valence-electron chi connectivity index (χ2n) is 7.90. The minimum Gasteiger partial charge on any atom is -0.507 e. The van der Waals surface area contributed by atoms with Gasteiger partial charge in [0.25, 0.3) is 11.7 Å². The van der Waals surface area contributed by atoms with Gasteiger partial charge in [0.15, 0.2) is 0 Å². The van der Waals surface area contributed by atoms with Crippen LogP contribution in [0.5, 0.6) is 5.75 Å². The van der Waals surface area contributed by atoms with Crippen molar-refractivity contribution in [1.82, 2.24) is 0 Å². The summed E-state index contributed by atoms with van der Waals surface area (Å²) in [6.07, 6.45) is 0.893. The largest absolute Gasteiger partial charge is 0.507 e. The zero-order valence-electron chi connectivity index (χ0n) is 18.3. The van der Waals surface area contributed by atoms with Crippen LogP contribution in [-0.2, 0) is 9.59 Å². The SMILES string of the molecule is CCCOc1ccc(/C(O)=C2/C(=O)C(=O)N(c3cc(C)cc(C)c3)C2c2cccs2)cc1. The second kappa shape index (κ2) is 9.01. The molecule has 1 saturated heterocycles. The summed E-state index contributed by atoms with van der Waals surface area (Å²) in [7, 11) is 0. The molecule has 32 heavy (non-hydrogen) atoms. The smallest absolute Gasteiger partial charge is 0.300 e. The third-order valence-corrected chi connectivity index (χ3v) is 6.27. The summed E-state index contributed by atoms with van der Waals surface area (Å²) >= 11 is 1.45. The molecule has 6 heteroatoms. The minimum absolute atomic E-state index is 0.0961. The Morgan fingerprint density at radius 3 is 2.34 bits per heavy atom. The highest BCUT2D eigenvalue weighted by Crippen LogP contribution is 2.44. The van der Waals surface area contributed by atoms with Crippen LogP contribution in [0, 0.1) is 13.8 Å². The van der Waals surface area contributed by atoms with Gasteiger partial charge in [0.1, 0.15) is 17.6 Å². The number of hydrogen-bond donors (Lipinski definition) is 1. The molecule has 1 unspecified atom stereocenters. The molecule has 1 atom stereocenters. The van der Waals surface area contributed by atoms with Crippen molar-refractivity contribution in [2.24, 2.45) is 0 Å². The Balaban J connectivity index is 1.83. The first-order valence-corrected chi connectivity index (χ1v) is 11.4. The van der Waals surface area contributed by atoms with E-state index in [9.17, 15) is 14.7 Å². The second-order valence-corrected chi connectivity index (χ2v) is 8.88. The fourth-order valence-electron chi connectivity index (χ4n) is 3.99. The highest BCUT2D eigenvalue weighted by molar-refractivity contribution is 7.10. The van der Waals surface area contributed by atoms with Crippen molar-refractivity contribution in [3.8, 4) is 5.75 Å². The Labute approximate surface area is 191 Å². The highest BCUT2D eigenvalue weighted by atomic mass is 32.1. The molecule has 0 aliphatic carbocycles. The van der Waals surface area contributed by atoms with Gasteiger partial charge in [0.05, 0.1) is 12.2 Å². The van der Waals surface area contributed by atoms with Crippen LogP contribution in [-0.4, -0.2) is 23.4 Å². The van der Waals surface area contributed by atoms with Crippen molar-refractivity contribution in [1.29, 1.82) is 0 Å². The van der Waals surface area contributed by atoms with Gasteiger partial charge >= 0.3 is 0 Å². The molecule has 0 saturated carbocycles. The summed E-state index contributed by atoms with van der Waals surface area (Å²) in [5, 5.41) is 13.1. The molecule has 164 valence electrons. The van der Waals surface area contributed by atoms with Crippen molar-refractivity contribution in [2.75, 3.05) is 11.5 Å². The van der Waals surface area contributed by atoms with Crippen molar-refractivity contribution in [3.05, 3.63) is 87.1 Å². The lowest BCUT2D eigenvalue weighted by atomic mass is 9.99. The predicted molar refractivity (Wildman–Crippen MR) is 127 cm³/mol. The molecule has 1 amide bonds. The number of rotatable bonds is 6. The van der Waals surface area contributed by atoms with Gasteiger partial charge in [0.2, 0.25) is 0 Å². The summed E-state index contributed by atoms with van der Waals surface area (Å²) in [5.74, 6) is -0.825. The lowest BCUT2D eigenvalue weighted by molar-refractivity contribution is -0.132. The lowest BCUT2D eigenvalue weighted by Crippen LogP contribution is -2.29. The number of nitrogens with zero attached hydrogens (tertiary/aromatic N) is 1. The molecule has 0 radical (unpaired) electrons. The number of benzene rings is 2. The first kappa shape index (κ1) is 21.8. The molecule has 1 fully saturated rings. The molecular weight excluding hydrogens is 422 g/mol. The maximum atomic E-state index is 13.2. The third-order valence-electron chi connectivity index (χ3n) is 5.34. The fraction of sp³-hybridized carbons (Fsp3) is 0.231. The van der Waals surface area contributed by atoms with Gasteiger partial charge in [-0.05, 0) is 79.2 Å². The fourth-order valence-corrected chi connectivity index (χ4v) is 4.81. The van der Waals surface area contributed by atoms with Crippen LogP contribution in [0.15, 0.2) is 65.6 Å². The van der Waals surface area contributed by atoms with Crippen LogP contribution < -0.4 is 9.64 Å². The molecule has 2 heterocycles. The third kappa shape index (κ3) is 4.06. The number of thiophene rings is 1. The van der Waals surface area contributed by atoms with Gasteiger partial charge in [-0.2, -0.15) is 0 Å². The topological polar surface area (TPSA) is 66.8 Å². The normalized spacial score (nSPS) is 17.7. The van der Waals surface area contributed by atoms with Crippen LogP contribution in [0.2, 0.25) is 0 Å². The summed E-state index contributed by atoms with van der Waals surface area (Å²) in [5.41, 5.74) is 3.20. The molecule has 1 aliphatic heterocycles. The summed E-state index contributed by atoms with van der Waals surface area (Å²) in [6, 6.07) is 15.8. The molecule has 1 aliphatic rings. The van der Waals surface area contributed by atoms with Crippen LogP contribution in [0.25, 0.3) is 5.76 Å². The predicted octanol–water partition coefficient (Wildman–Crippen LogP) is 5.78. The number of Topliss-reactive ketones (excluding diaryl/α,β-unsaturated/α-hetero) is 1. The number of ketones is 1. The van der Waals surface area contributed by atoms with Crippen LogP contribution in [0.4, 0.5) is 5.69 Å². The number of aliphatic hydroxyl groups excluding tert-OH is 1. The van der Waals surface area contributed by atoms with E-state index in [1.807, 2.05) is 56.5 Å². The number of aryl methyl sites for hydroxylation is 2. The van der Waals surface area contributed by atoms with E-state index >= 15 is 0 Å². The van der Waals surface area contributed by atoms with Crippen LogP contribution >= 0.6 is 11.3 Å². The molecule has 1 N–H and O–H groups in total. The number of anilines is 1. The Morgan fingerprint density at radius 2 is 1.75 bits per heavy atom. The van der Waals surface area contributed by atoms with Crippen LogP contribution in [0.1, 0.15) is 41.0 Å². The van der Waals surface area contributed by atoms with E-state index in [1.54, 1.807) is 24.3 Å². The number of ether oxygens (including phenoxy) is 1. The molecule has 5 nitrogen and oxygen atoms in total. The zero-order valence-corrected chi connectivity index (χ0v) is 19.1. The Morgan fingerprint density at radius 1 is 1.06 bits per heavy atom. The van der Waals surface area contributed by atoms with Gasteiger partial charge in [-0.3, -0.25) is 14.5 Å². The first-order valence-electron chi connectivity index (χ1n) is 10.6. The molecule has 4 rings (SSSR count). The van der Waals surface area contributed by atoms with Gasteiger partial charge in [-0.15, -0.1) is 11.3 Å². The van der Waals surface area contributed by atoms with E-state index in [-0.39, 0.29) is 11.3 Å². The Hall–Kier alpha value is -3.38. The monoisotopic (exact) mass is 447 g/mol. The molecule has 2 aromatic carbocycles. The summed E-state index contributed by atoms with van der Waals surface area (Å²) in [4.78, 5) is 28.6. The first-order chi connectivity index (χ1) is 15.4.